The molecule has 3 aromatic heterocycles. The molecule has 27 nitrogen and oxygen atoms in total. The summed E-state index contributed by atoms with van der Waals surface area (Å²) < 4.78 is 0. The summed E-state index contributed by atoms with van der Waals surface area (Å²) in [5.74, 6) is 7.02. The van der Waals surface area contributed by atoms with E-state index in [0.29, 0.717) is 69.5 Å². The second kappa shape index (κ2) is 48.4. The maximum atomic E-state index is 12.3. The summed E-state index contributed by atoms with van der Waals surface area (Å²) in [6, 6.07) is -0.0456. The van der Waals surface area contributed by atoms with Crippen LogP contribution in [0.3, 0.4) is 0 Å². The van der Waals surface area contributed by atoms with Crippen LogP contribution >= 0.6 is 0 Å². The number of aromatic nitrogens is 9. The van der Waals surface area contributed by atoms with E-state index in [-0.39, 0.29) is 36.1 Å². The molecule has 0 atom stereocenters. The van der Waals surface area contributed by atoms with E-state index in [9.17, 15) is 26.0 Å². The summed E-state index contributed by atoms with van der Waals surface area (Å²) in [6.07, 6.45) is 35.7. The molecule has 0 aromatic carbocycles. The van der Waals surface area contributed by atoms with Crippen LogP contribution in [-0.4, -0.2) is 254 Å². The Balaban J connectivity index is 1.24. The highest BCUT2D eigenvalue weighted by atomic mass is 16.5. The van der Waals surface area contributed by atoms with Crippen LogP contribution in [0.4, 0.5) is 47.6 Å². The Morgan fingerprint density at radius 2 is 0.369 bits per heavy atom. The molecule has 0 amide bonds. The maximum Gasteiger partial charge on any atom is 0.232 e. The zero-order valence-electron chi connectivity index (χ0n) is 88.7. The molecular weight excluding hydrogens is 1630 g/mol. The second-order valence-electron chi connectivity index (χ2n) is 47.0. The lowest BCUT2D eigenvalue weighted by Crippen LogP contribution is -2.64. The number of nitrogens with zero attached hydrogens (tertiary/aromatic N) is 22. The van der Waals surface area contributed by atoms with Gasteiger partial charge in [-0.15, -0.1) is 0 Å². The first-order valence-electron chi connectivity index (χ1n) is 52.9. The van der Waals surface area contributed by atoms with Crippen LogP contribution in [0.25, 0.3) is 0 Å². The predicted molar refractivity (Wildman–Crippen MR) is 540 cm³/mol. The molecule has 130 heavy (non-hydrogen) atoms. The molecule has 8 heterocycles. The van der Waals surface area contributed by atoms with E-state index in [1.165, 1.54) is 0 Å². The first-order chi connectivity index (χ1) is 61.1. The fraction of sp³-hybridized carbons (Fsp3) is 0.913. The largest absolute Gasteiger partial charge is 0.341 e. The van der Waals surface area contributed by atoms with E-state index >= 15 is 0 Å². The third-order valence-electron chi connectivity index (χ3n) is 30.0. The summed E-state index contributed by atoms with van der Waals surface area (Å²) in [4.78, 5) is 71.4. The number of hydrogen-bond acceptors (Lipinski definition) is 27. The van der Waals surface area contributed by atoms with Crippen LogP contribution < -0.4 is 39.2 Å². The Kier molecular flexibility index (Phi) is 41.0. The number of rotatable bonds is 55. The summed E-state index contributed by atoms with van der Waals surface area (Å²) in [5.41, 5.74) is -5.53. The van der Waals surface area contributed by atoms with Crippen molar-refractivity contribution in [1.82, 2.24) is 70.2 Å². The molecular formula is C103H196N22O5. The van der Waals surface area contributed by atoms with Crippen LogP contribution in [0, 0.1) is 0 Å². The average molecular weight is 1820 g/mol. The number of piperidine rings is 5. The molecule has 5 N–H and O–H groups in total. The van der Waals surface area contributed by atoms with Gasteiger partial charge >= 0.3 is 0 Å². The summed E-state index contributed by atoms with van der Waals surface area (Å²) in [5, 5.41) is 68.5. The van der Waals surface area contributed by atoms with Gasteiger partial charge in [-0.2, -0.15) is 70.2 Å². The lowest BCUT2D eigenvalue weighted by Gasteiger charge is -2.54. The van der Waals surface area contributed by atoms with Crippen molar-refractivity contribution in [3.8, 4) is 0 Å². The molecule has 0 radical (unpaired) electrons. The van der Waals surface area contributed by atoms with Crippen LogP contribution in [0.1, 0.15) is 457 Å². The SMILES string of the molecule is CCCCC(CCCC)c1nc(N(CCCC)CCCC)nc(N(CCCCCCN(c2nc(N(CCCC)C3CC(C)(C)N(O)C(C)(C)C3)nc(N(CCCCCCN(c3nc(N(CCCC)CCCC)nc(N(CCCC)CCCC)n3)C3CC(C)(C)N(O)C(C)(C)C3)C3CC(C)(C)N(O)C(C)(C)C3)n2)C2CC(C)(C)N(O)C(C)(C)C2)C2CC(C)(C)N(O)C(C)(C)C2)n1. The van der Waals surface area contributed by atoms with Crippen molar-refractivity contribution < 1.29 is 26.0 Å². The van der Waals surface area contributed by atoms with Crippen molar-refractivity contribution in [3.63, 3.8) is 0 Å². The highest BCUT2D eigenvalue weighted by Crippen LogP contribution is 2.48. The minimum Gasteiger partial charge on any atom is -0.341 e. The number of hydrogen-bond donors (Lipinski definition) is 5. The van der Waals surface area contributed by atoms with Crippen molar-refractivity contribution in [2.75, 3.05) is 111 Å². The standard InChI is InChI=1S/C103H196N22O5/c1-30-39-56-79(57-40-31-2)85-104-86(113(58-41-32-3)59-42-33-4)107-89(105-85)117(81-71-96(14,15)122(127)97(16,17)72-81)65-52-48-49-54-67-119(83-75-100(22,23)124(129)101(24,25)76-83)92-110-91(116(64-47-38-9)80-69-94(10,11)121(126)95(12,13)70-80)111-93(112-92)120(84-77-102(26,27)125(130)103(28,29)78-84)68-55-51-50-53-66-118(82-73-98(18,19)123(128)99(20,21)74-82)90-108-87(114(60-43-34-5)61-44-35-6)106-88(109-90)115(62-45-36-7)63-46-37-8/h79-84,126-130H,30-78H2,1-29H3. The Labute approximate surface area is 792 Å². The van der Waals surface area contributed by atoms with E-state index in [1.54, 1.807) is 25.3 Å². The molecule has 3 aromatic rings. The molecule has 27 heteroatoms. The van der Waals surface area contributed by atoms with Crippen LogP contribution in [0.5, 0.6) is 0 Å². The fourth-order valence-electron chi connectivity index (χ4n) is 23.2. The molecule has 0 saturated carbocycles. The summed E-state index contributed by atoms with van der Waals surface area (Å²) in [6.45, 7) is 73.0. The van der Waals surface area contributed by atoms with Gasteiger partial charge in [0.15, 0.2) is 0 Å². The Hall–Kier alpha value is -4.97. The van der Waals surface area contributed by atoms with Gasteiger partial charge in [-0.3, -0.25) is 0 Å². The van der Waals surface area contributed by atoms with Gasteiger partial charge in [-0.05, 0) is 286 Å². The predicted octanol–water partition coefficient (Wildman–Crippen LogP) is 23.3. The van der Waals surface area contributed by atoms with Crippen molar-refractivity contribution >= 4 is 47.6 Å². The molecule has 0 aliphatic carbocycles. The Morgan fingerprint density at radius 1 is 0.215 bits per heavy atom. The monoisotopic (exact) mass is 1820 g/mol. The molecule has 0 unspecified atom stereocenters. The summed E-state index contributed by atoms with van der Waals surface area (Å²) >= 11 is 0. The molecule has 5 saturated heterocycles. The van der Waals surface area contributed by atoms with Gasteiger partial charge in [0.2, 0.25) is 47.6 Å². The van der Waals surface area contributed by atoms with Gasteiger partial charge < -0.3 is 65.2 Å². The highest BCUT2D eigenvalue weighted by molar-refractivity contribution is 5.51. The zero-order valence-corrected chi connectivity index (χ0v) is 88.7. The number of hydroxylamine groups is 10. The van der Waals surface area contributed by atoms with Gasteiger partial charge in [0.05, 0.1) is 0 Å². The van der Waals surface area contributed by atoms with Crippen molar-refractivity contribution in [2.24, 2.45) is 0 Å². The van der Waals surface area contributed by atoms with Crippen LogP contribution in [-0.2, 0) is 0 Å². The molecule has 8 rings (SSSR count). The lowest BCUT2D eigenvalue weighted by atomic mass is 9.78. The van der Waals surface area contributed by atoms with Gasteiger partial charge in [0.25, 0.3) is 0 Å². The summed E-state index contributed by atoms with van der Waals surface area (Å²) in [7, 11) is 0. The van der Waals surface area contributed by atoms with Crippen LogP contribution in [0.2, 0.25) is 0 Å². The molecule has 0 bridgehead atoms. The fourth-order valence-corrected chi connectivity index (χ4v) is 23.2. The smallest absolute Gasteiger partial charge is 0.232 e. The van der Waals surface area contributed by atoms with Crippen molar-refractivity contribution in [3.05, 3.63) is 5.82 Å². The second-order valence-corrected chi connectivity index (χ2v) is 47.0. The minimum atomic E-state index is -0.597. The van der Waals surface area contributed by atoms with Gasteiger partial charge in [0, 0.05) is 164 Å². The van der Waals surface area contributed by atoms with Gasteiger partial charge in [-0.25, -0.2) is 0 Å². The van der Waals surface area contributed by atoms with E-state index in [1.807, 2.05) is 0 Å². The third-order valence-corrected chi connectivity index (χ3v) is 30.0. The number of unbranched alkanes of at least 4 members (excludes halogenated alkanes) is 15. The quantitative estimate of drug-likeness (QED) is 0.0329. The van der Waals surface area contributed by atoms with E-state index in [4.69, 9.17) is 44.9 Å². The topological polar surface area (TPSA) is 259 Å². The maximum absolute atomic E-state index is 12.3. The van der Waals surface area contributed by atoms with Crippen LogP contribution in [0.15, 0.2) is 0 Å². The Morgan fingerprint density at radius 3 is 0.569 bits per heavy atom. The number of anilines is 8. The highest BCUT2D eigenvalue weighted by Gasteiger charge is 2.54. The first-order valence-corrected chi connectivity index (χ1v) is 52.9. The van der Waals surface area contributed by atoms with E-state index in [2.05, 4.69) is 240 Å². The van der Waals surface area contributed by atoms with Gasteiger partial charge in [-0.1, -0.05) is 159 Å². The normalized spacial score (nSPS) is 20.9. The van der Waals surface area contributed by atoms with Crippen molar-refractivity contribution in [1.29, 1.82) is 0 Å². The average Bonchev–Trinajstić information content (AvgIpc) is 0.760. The third kappa shape index (κ3) is 29.1. The lowest BCUT2D eigenvalue weighted by molar-refractivity contribution is -0.244. The molecule has 0 spiro atoms. The van der Waals surface area contributed by atoms with Gasteiger partial charge in [0.1, 0.15) is 5.82 Å². The van der Waals surface area contributed by atoms with E-state index < -0.39 is 55.4 Å². The first kappa shape index (κ1) is 110. The Bertz CT molecular complexity index is 3410. The zero-order chi connectivity index (χ0) is 96.2. The molecule has 5 aliphatic rings. The van der Waals surface area contributed by atoms with E-state index in [0.717, 1.165) is 300 Å². The molecule has 5 aliphatic heterocycles. The van der Waals surface area contributed by atoms with Crippen molar-refractivity contribution in [2.45, 2.75) is 536 Å². The molecule has 5 fully saturated rings. The minimum absolute atomic E-state index is 0.0186. The molecule has 748 valence electrons.